The van der Waals surface area contributed by atoms with Crippen LogP contribution in [0.5, 0.6) is 0 Å². The van der Waals surface area contributed by atoms with Gasteiger partial charge >= 0.3 is 5.97 Å². The molecule has 1 N–H and O–H groups in total. The first-order valence-electron chi connectivity index (χ1n) is 6.99. The predicted octanol–water partition coefficient (Wildman–Crippen LogP) is 3.54. The van der Waals surface area contributed by atoms with Gasteiger partial charge in [-0.05, 0) is 18.8 Å². The number of carbonyl (C=O) groups excluding carboxylic acids is 1. The number of Topliss-reactive ketones (excluding diaryl/α,β-unsaturated/α-hetero) is 1. The van der Waals surface area contributed by atoms with E-state index in [2.05, 4.69) is 0 Å². The molecule has 0 heterocycles. The van der Waals surface area contributed by atoms with Crippen molar-refractivity contribution >= 4 is 11.8 Å². The fourth-order valence-corrected chi connectivity index (χ4v) is 3.01. The highest BCUT2D eigenvalue weighted by Crippen LogP contribution is 2.33. The Morgan fingerprint density at radius 2 is 1.74 bits per heavy atom. The number of carboxylic acid groups (broad SMARTS) is 1. The first kappa shape index (κ1) is 13.8. The van der Waals surface area contributed by atoms with E-state index >= 15 is 0 Å². The van der Waals surface area contributed by atoms with Gasteiger partial charge in [0.25, 0.3) is 0 Å². The van der Waals surface area contributed by atoms with Crippen LogP contribution in [0, 0.1) is 11.8 Å². The summed E-state index contributed by atoms with van der Waals surface area (Å²) < 4.78 is 0. The van der Waals surface area contributed by atoms with Crippen molar-refractivity contribution in [1.29, 1.82) is 0 Å². The molecule has 3 heteroatoms. The maximum absolute atomic E-state index is 12.5. The summed E-state index contributed by atoms with van der Waals surface area (Å²) in [5, 5.41) is 9.06. The molecule has 0 aliphatic heterocycles. The average molecular weight is 260 g/mol. The number of benzene rings is 1. The smallest absolute Gasteiger partial charge is 0.304 e. The van der Waals surface area contributed by atoms with Crippen LogP contribution < -0.4 is 0 Å². The zero-order chi connectivity index (χ0) is 13.7. The summed E-state index contributed by atoms with van der Waals surface area (Å²) in [7, 11) is 0. The van der Waals surface area contributed by atoms with Crippen LogP contribution in [-0.4, -0.2) is 16.9 Å². The van der Waals surface area contributed by atoms with Crippen LogP contribution in [-0.2, 0) is 4.79 Å². The zero-order valence-electron chi connectivity index (χ0n) is 11.0. The Balaban J connectivity index is 2.16. The zero-order valence-corrected chi connectivity index (χ0v) is 11.0. The van der Waals surface area contributed by atoms with Crippen molar-refractivity contribution in [3.05, 3.63) is 35.9 Å². The SMILES string of the molecule is O=C(O)CC(C(=O)c1ccccc1)C1CCCCC1. The Morgan fingerprint density at radius 1 is 1.11 bits per heavy atom. The number of aliphatic carboxylic acids is 1. The predicted molar refractivity (Wildman–Crippen MR) is 73.1 cm³/mol. The topological polar surface area (TPSA) is 54.4 Å². The summed E-state index contributed by atoms with van der Waals surface area (Å²) in [4.78, 5) is 23.6. The van der Waals surface area contributed by atoms with E-state index in [1.807, 2.05) is 18.2 Å². The van der Waals surface area contributed by atoms with Crippen LogP contribution in [0.15, 0.2) is 30.3 Å². The fraction of sp³-hybridized carbons (Fsp3) is 0.500. The minimum Gasteiger partial charge on any atom is -0.481 e. The summed E-state index contributed by atoms with van der Waals surface area (Å²) in [5.74, 6) is -1.01. The molecule has 1 unspecified atom stereocenters. The Labute approximate surface area is 113 Å². The number of hydrogen-bond donors (Lipinski definition) is 1. The van der Waals surface area contributed by atoms with Crippen LogP contribution in [0.3, 0.4) is 0 Å². The number of hydrogen-bond acceptors (Lipinski definition) is 2. The van der Waals surface area contributed by atoms with Crippen LogP contribution >= 0.6 is 0 Å². The molecule has 0 saturated heterocycles. The average Bonchev–Trinajstić information content (AvgIpc) is 2.46. The van der Waals surface area contributed by atoms with E-state index in [4.69, 9.17) is 5.11 Å². The molecule has 0 aromatic heterocycles. The highest BCUT2D eigenvalue weighted by Gasteiger charge is 2.31. The third kappa shape index (κ3) is 3.66. The van der Waals surface area contributed by atoms with Gasteiger partial charge in [0.15, 0.2) is 5.78 Å². The van der Waals surface area contributed by atoms with Crippen molar-refractivity contribution < 1.29 is 14.7 Å². The maximum atomic E-state index is 12.5. The molecule has 1 aromatic rings. The van der Waals surface area contributed by atoms with Gasteiger partial charge in [-0.3, -0.25) is 9.59 Å². The lowest BCUT2D eigenvalue weighted by Crippen LogP contribution is -2.28. The van der Waals surface area contributed by atoms with Gasteiger partial charge in [-0.15, -0.1) is 0 Å². The van der Waals surface area contributed by atoms with Crippen molar-refractivity contribution in [2.24, 2.45) is 11.8 Å². The molecule has 1 aliphatic carbocycles. The van der Waals surface area contributed by atoms with Gasteiger partial charge in [0.2, 0.25) is 0 Å². The lowest BCUT2D eigenvalue weighted by atomic mass is 9.75. The minimum absolute atomic E-state index is 0.00472. The molecule has 1 atom stereocenters. The second-order valence-electron chi connectivity index (χ2n) is 5.33. The summed E-state index contributed by atoms with van der Waals surface area (Å²) in [6.45, 7) is 0. The van der Waals surface area contributed by atoms with Crippen molar-refractivity contribution in [3.8, 4) is 0 Å². The highest BCUT2D eigenvalue weighted by molar-refractivity contribution is 5.99. The summed E-state index contributed by atoms with van der Waals surface area (Å²) in [6.07, 6.45) is 5.35. The summed E-state index contributed by atoms with van der Waals surface area (Å²) in [6, 6.07) is 9.07. The third-order valence-electron chi connectivity index (χ3n) is 4.01. The van der Waals surface area contributed by atoms with Gasteiger partial charge in [-0.1, -0.05) is 49.6 Å². The Kier molecular flexibility index (Phi) is 4.72. The van der Waals surface area contributed by atoms with Crippen molar-refractivity contribution in [2.75, 3.05) is 0 Å². The van der Waals surface area contributed by atoms with Gasteiger partial charge in [0.05, 0.1) is 6.42 Å². The molecule has 2 rings (SSSR count). The van der Waals surface area contributed by atoms with E-state index in [1.165, 1.54) is 6.42 Å². The standard InChI is InChI=1S/C16H20O3/c17-15(18)11-14(12-7-3-1-4-8-12)16(19)13-9-5-2-6-10-13/h2,5-6,9-10,12,14H,1,3-4,7-8,11H2,(H,17,18). The monoisotopic (exact) mass is 260 g/mol. The molecule has 1 saturated carbocycles. The van der Waals surface area contributed by atoms with E-state index in [0.29, 0.717) is 5.56 Å². The number of carboxylic acids is 1. The molecule has 0 bridgehead atoms. The molecule has 3 nitrogen and oxygen atoms in total. The lowest BCUT2D eigenvalue weighted by molar-refractivity contribution is -0.138. The Hall–Kier alpha value is -1.64. The largest absolute Gasteiger partial charge is 0.481 e. The molecule has 1 aromatic carbocycles. The van der Waals surface area contributed by atoms with Crippen LogP contribution in [0.2, 0.25) is 0 Å². The summed E-state index contributed by atoms with van der Waals surface area (Å²) >= 11 is 0. The van der Waals surface area contributed by atoms with Gasteiger partial charge in [-0.25, -0.2) is 0 Å². The molecule has 19 heavy (non-hydrogen) atoms. The molecule has 102 valence electrons. The molecule has 0 amide bonds. The van der Waals surface area contributed by atoms with E-state index in [-0.39, 0.29) is 24.0 Å². The second-order valence-corrected chi connectivity index (χ2v) is 5.33. The van der Waals surface area contributed by atoms with Crippen molar-refractivity contribution in [2.45, 2.75) is 38.5 Å². The van der Waals surface area contributed by atoms with Gasteiger partial charge in [0, 0.05) is 11.5 Å². The first-order valence-corrected chi connectivity index (χ1v) is 6.99. The van der Waals surface area contributed by atoms with Crippen LogP contribution in [0.1, 0.15) is 48.9 Å². The number of carbonyl (C=O) groups is 2. The number of ketones is 1. The van der Waals surface area contributed by atoms with Crippen molar-refractivity contribution in [1.82, 2.24) is 0 Å². The molecule has 0 radical (unpaired) electrons. The third-order valence-corrected chi connectivity index (χ3v) is 4.01. The van der Waals surface area contributed by atoms with E-state index in [1.54, 1.807) is 12.1 Å². The van der Waals surface area contributed by atoms with Crippen molar-refractivity contribution in [3.63, 3.8) is 0 Å². The lowest BCUT2D eigenvalue weighted by Gasteiger charge is -2.28. The first-order chi connectivity index (χ1) is 9.18. The number of rotatable bonds is 5. The molecule has 1 fully saturated rings. The van der Waals surface area contributed by atoms with E-state index in [0.717, 1.165) is 25.7 Å². The Bertz CT molecular complexity index is 433. The van der Waals surface area contributed by atoms with Gasteiger partial charge in [0.1, 0.15) is 0 Å². The van der Waals surface area contributed by atoms with E-state index in [9.17, 15) is 9.59 Å². The highest BCUT2D eigenvalue weighted by atomic mass is 16.4. The maximum Gasteiger partial charge on any atom is 0.304 e. The molecule has 0 spiro atoms. The summed E-state index contributed by atoms with van der Waals surface area (Å²) in [5.41, 5.74) is 0.638. The normalized spacial score (nSPS) is 17.9. The van der Waals surface area contributed by atoms with Gasteiger partial charge in [-0.2, -0.15) is 0 Å². The minimum atomic E-state index is -0.875. The quantitative estimate of drug-likeness (QED) is 0.824. The Morgan fingerprint density at radius 3 is 2.32 bits per heavy atom. The van der Waals surface area contributed by atoms with Gasteiger partial charge < -0.3 is 5.11 Å². The second kappa shape index (κ2) is 6.50. The molecule has 1 aliphatic rings. The molecular formula is C16H20O3. The van der Waals surface area contributed by atoms with E-state index < -0.39 is 5.97 Å². The van der Waals surface area contributed by atoms with Crippen LogP contribution in [0.25, 0.3) is 0 Å². The fourth-order valence-electron chi connectivity index (χ4n) is 3.01. The van der Waals surface area contributed by atoms with Crippen LogP contribution in [0.4, 0.5) is 0 Å². The molecular weight excluding hydrogens is 240 g/mol.